The van der Waals surface area contributed by atoms with Crippen LogP contribution in [0.15, 0.2) is 10.9 Å². The number of ether oxygens (including phenoxy) is 1. The second-order valence-corrected chi connectivity index (χ2v) is 4.97. The molecule has 21 heavy (non-hydrogen) atoms. The molecule has 0 bridgehead atoms. The van der Waals surface area contributed by atoms with E-state index in [1.54, 1.807) is 13.8 Å². The minimum atomic E-state index is -4.53. The van der Waals surface area contributed by atoms with Crippen LogP contribution in [-0.4, -0.2) is 47.8 Å². The summed E-state index contributed by atoms with van der Waals surface area (Å²) in [6, 6.07) is 1.25. The third-order valence-electron chi connectivity index (χ3n) is 3.29. The Morgan fingerprint density at radius 2 is 2.10 bits per heavy atom. The van der Waals surface area contributed by atoms with E-state index in [1.165, 1.54) is 6.07 Å². The first-order valence-electron chi connectivity index (χ1n) is 6.38. The number of aryl methyl sites for hydroxylation is 2. The van der Waals surface area contributed by atoms with Crippen molar-refractivity contribution in [3.63, 3.8) is 0 Å². The highest BCUT2D eigenvalue weighted by Crippen LogP contribution is 2.26. The number of hydrogen-bond donors (Lipinski definition) is 1. The lowest BCUT2D eigenvalue weighted by Gasteiger charge is -2.33. The zero-order valence-corrected chi connectivity index (χ0v) is 11.6. The summed E-state index contributed by atoms with van der Waals surface area (Å²) in [4.78, 5) is 28.1. The van der Waals surface area contributed by atoms with Gasteiger partial charge in [0.05, 0.1) is 13.2 Å². The van der Waals surface area contributed by atoms with Gasteiger partial charge >= 0.3 is 6.18 Å². The number of nitrogens with one attached hydrogen (secondary N) is 1. The molecule has 1 aromatic heterocycles. The summed E-state index contributed by atoms with van der Waals surface area (Å²) in [5, 5.41) is 0. The molecule has 1 aliphatic heterocycles. The second-order valence-electron chi connectivity index (χ2n) is 4.97. The van der Waals surface area contributed by atoms with E-state index in [0.717, 1.165) is 4.90 Å². The van der Waals surface area contributed by atoms with Crippen LogP contribution in [0.2, 0.25) is 0 Å². The molecule has 5 nitrogen and oxygen atoms in total. The van der Waals surface area contributed by atoms with Crippen LogP contribution in [0.4, 0.5) is 13.2 Å². The number of nitrogens with zero attached hydrogens (tertiary/aromatic N) is 1. The molecule has 0 saturated carbocycles. The number of hydrogen-bond acceptors (Lipinski definition) is 3. The van der Waals surface area contributed by atoms with Crippen LogP contribution in [-0.2, 0) is 4.74 Å². The van der Waals surface area contributed by atoms with Crippen LogP contribution in [0.5, 0.6) is 0 Å². The molecule has 8 heteroatoms. The van der Waals surface area contributed by atoms with Gasteiger partial charge in [0.1, 0.15) is 5.56 Å². The molecular weight excluding hydrogens is 289 g/mol. The quantitative estimate of drug-likeness (QED) is 0.853. The maximum atomic E-state index is 12.7. The van der Waals surface area contributed by atoms with Crippen LogP contribution in [0, 0.1) is 13.8 Å². The minimum absolute atomic E-state index is 0.0260. The molecule has 0 spiro atoms. The van der Waals surface area contributed by atoms with Gasteiger partial charge in [-0.05, 0) is 13.8 Å². The number of carbonyl (C=O) groups excluding carboxylic acids is 1. The first-order chi connectivity index (χ1) is 9.70. The van der Waals surface area contributed by atoms with E-state index in [0.29, 0.717) is 11.4 Å². The molecule has 1 aliphatic rings. The Balaban J connectivity index is 2.27. The summed E-state index contributed by atoms with van der Waals surface area (Å²) in [6.45, 7) is 2.42. The Labute approximate surface area is 118 Å². The molecule has 1 saturated heterocycles. The number of amides is 1. The number of alkyl halides is 3. The SMILES string of the molecule is Cc1cc(=O)c(C(=O)N2CCO[C@H](C(F)(F)F)C2)c(C)[nH]1. The number of aromatic nitrogens is 1. The highest BCUT2D eigenvalue weighted by molar-refractivity contribution is 5.95. The molecule has 1 atom stereocenters. The van der Waals surface area contributed by atoms with Crippen molar-refractivity contribution >= 4 is 5.91 Å². The van der Waals surface area contributed by atoms with Crippen molar-refractivity contribution in [3.05, 3.63) is 33.2 Å². The van der Waals surface area contributed by atoms with Gasteiger partial charge in [0.15, 0.2) is 11.5 Å². The van der Waals surface area contributed by atoms with Crippen LogP contribution in [0.25, 0.3) is 0 Å². The predicted molar refractivity (Wildman–Crippen MR) is 68.2 cm³/mol. The van der Waals surface area contributed by atoms with E-state index >= 15 is 0 Å². The van der Waals surface area contributed by atoms with Crippen molar-refractivity contribution in [2.45, 2.75) is 26.1 Å². The Kier molecular flexibility index (Phi) is 4.08. The molecule has 0 aliphatic carbocycles. The topological polar surface area (TPSA) is 62.4 Å². The van der Waals surface area contributed by atoms with Gasteiger partial charge in [-0.15, -0.1) is 0 Å². The highest BCUT2D eigenvalue weighted by Gasteiger charge is 2.44. The monoisotopic (exact) mass is 304 g/mol. The summed E-state index contributed by atoms with van der Waals surface area (Å²) in [6.07, 6.45) is -6.55. The molecule has 1 amide bonds. The lowest BCUT2D eigenvalue weighted by Crippen LogP contribution is -2.51. The van der Waals surface area contributed by atoms with Crippen LogP contribution >= 0.6 is 0 Å². The van der Waals surface area contributed by atoms with Crippen molar-refractivity contribution < 1.29 is 22.7 Å². The maximum absolute atomic E-state index is 12.7. The molecule has 0 radical (unpaired) electrons. The molecule has 2 rings (SSSR count). The van der Waals surface area contributed by atoms with Gasteiger partial charge in [0.2, 0.25) is 0 Å². The van der Waals surface area contributed by atoms with Crippen LogP contribution < -0.4 is 5.43 Å². The van der Waals surface area contributed by atoms with Gasteiger partial charge in [-0.1, -0.05) is 0 Å². The van der Waals surface area contributed by atoms with E-state index < -0.39 is 30.2 Å². The van der Waals surface area contributed by atoms with E-state index in [9.17, 15) is 22.8 Å². The zero-order chi connectivity index (χ0) is 15.8. The van der Waals surface area contributed by atoms with Crippen molar-refractivity contribution in [3.8, 4) is 0 Å². The fraction of sp³-hybridized carbons (Fsp3) is 0.538. The number of halogens is 3. The Hall–Kier alpha value is -1.83. The third-order valence-corrected chi connectivity index (χ3v) is 3.29. The number of morpholine rings is 1. The van der Waals surface area contributed by atoms with E-state index in [4.69, 9.17) is 0 Å². The van der Waals surface area contributed by atoms with E-state index in [2.05, 4.69) is 9.72 Å². The summed E-state index contributed by atoms with van der Waals surface area (Å²) in [5.74, 6) is -0.702. The Bertz CT molecular complexity index is 610. The predicted octanol–water partition coefficient (Wildman–Crippen LogP) is 1.40. The normalized spacial score (nSPS) is 19.7. The molecule has 2 heterocycles. The molecule has 116 valence electrons. The summed E-state index contributed by atoms with van der Waals surface area (Å²) >= 11 is 0. The van der Waals surface area contributed by atoms with E-state index in [-0.39, 0.29) is 18.7 Å². The van der Waals surface area contributed by atoms with E-state index in [1.807, 2.05) is 0 Å². The van der Waals surface area contributed by atoms with Crippen LogP contribution in [0.1, 0.15) is 21.7 Å². The van der Waals surface area contributed by atoms with Crippen molar-refractivity contribution in [2.24, 2.45) is 0 Å². The molecular formula is C13H15F3N2O3. The smallest absolute Gasteiger partial charge is 0.365 e. The average molecular weight is 304 g/mol. The summed E-state index contributed by atoms with van der Waals surface area (Å²) in [5.41, 5.74) is 0.316. The molecule has 1 aromatic rings. The number of pyridine rings is 1. The second kappa shape index (κ2) is 5.51. The first-order valence-corrected chi connectivity index (χ1v) is 6.38. The molecule has 0 aromatic carbocycles. The van der Waals surface area contributed by atoms with Crippen molar-refractivity contribution in [1.82, 2.24) is 9.88 Å². The minimum Gasteiger partial charge on any atom is -0.365 e. The average Bonchev–Trinajstić information content (AvgIpc) is 2.36. The number of rotatable bonds is 1. The lowest BCUT2D eigenvalue weighted by atomic mass is 10.1. The largest absolute Gasteiger partial charge is 0.416 e. The van der Waals surface area contributed by atoms with Gasteiger partial charge < -0.3 is 14.6 Å². The fourth-order valence-electron chi connectivity index (χ4n) is 2.30. The maximum Gasteiger partial charge on any atom is 0.416 e. The van der Waals surface area contributed by atoms with Gasteiger partial charge in [0, 0.05) is 24.0 Å². The molecule has 1 fully saturated rings. The van der Waals surface area contributed by atoms with Crippen molar-refractivity contribution in [2.75, 3.05) is 19.7 Å². The number of aromatic amines is 1. The molecule has 1 N–H and O–H groups in total. The Morgan fingerprint density at radius 3 is 2.67 bits per heavy atom. The third kappa shape index (κ3) is 3.26. The number of H-pyrrole nitrogens is 1. The van der Waals surface area contributed by atoms with Gasteiger partial charge in [-0.25, -0.2) is 0 Å². The zero-order valence-electron chi connectivity index (χ0n) is 11.6. The highest BCUT2D eigenvalue weighted by atomic mass is 19.4. The lowest BCUT2D eigenvalue weighted by molar-refractivity contribution is -0.233. The van der Waals surface area contributed by atoms with Gasteiger partial charge in [-0.2, -0.15) is 13.2 Å². The first kappa shape index (κ1) is 15.6. The van der Waals surface area contributed by atoms with Crippen LogP contribution in [0.3, 0.4) is 0 Å². The standard InChI is InChI=1S/C13H15F3N2O3/c1-7-5-9(19)11(8(2)17-7)12(20)18-3-4-21-10(6-18)13(14,15)16/h5,10H,3-4,6H2,1-2H3,(H,17,19)/t10-/m0/s1. The summed E-state index contributed by atoms with van der Waals surface area (Å²) < 4.78 is 42.6. The summed E-state index contributed by atoms with van der Waals surface area (Å²) in [7, 11) is 0. The fourth-order valence-corrected chi connectivity index (χ4v) is 2.30. The van der Waals surface area contributed by atoms with Gasteiger partial charge in [-0.3, -0.25) is 9.59 Å². The van der Waals surface area contributed by atoms with Crippen molar-refractivity contribution in [1.29, 1.82) is 0 Å². The number of carbonyl (C=O) groups is 1. The Morgan fingerprint density at radius 1 is 1.43 bits per heavy atom. The van der Waals surface area contributed by atoms with Gasteiger partial charge in [0.25, 0.3) is 5.91 Å². The molecule has 0 unspecified atom stereocenters.